The quantitative estimate of drug-likeness (QED) is 0.132. The summed E-state index contributed by atoms with van der Waals surface area (Å²) in [5.41, 5.74) is 6.19. The van der Waals surface area contributed by atoms with Crippen LogP contribution in [-0.2, 0) is 0 Å². The van der Waals surface area contributed by atoms with Gasteiger partial charge in [-0.1, -0.05) is 42.5 Å². The molecule has 0 aliphatic carbocycles. The second kappa shape index (κ2) is 11.8. The second-order valence-corrected chi connectivity index (χ2v) is 9.37. The van der Waals surface area contributed by atoms with E-state index in [0.717, 1.165) is 22.8 Å². The minimum atomic E-state index is -0.699. The van der Waals surface area contributed by atoms with Crippen LogP contribution in [0.4, 0.5) is 17.1 Å². The van der Waals surface area contributed by atoms with Gasteiger partial charge in [0, 0.05) is 28.7 Å². The molecule has 0 saturated heterocycles. The highest BCUT2D eigenvalue weighted by molar-refractivity contribution is 5.95. The smallest absolute Gasteiger partial charge is 0.301 e. The highest BCUT2D eigenvalue weighted by Crippen LogP contribution is 2.46. The summed E-state index contributed by atoms with van der Waals surface area (Å²) in [7, 11) is 3.10. The molecular weight excluding hydrogens is 540 g/mol. The Morgan fingerprint density at radius 3 is 2.26 bits per heavy atom. The predicted octanol–water partition coefficient (Wildman–Crippen LogP) is 6.86. The van der Waals surface area contributed by atoms with Crippen LogP contribution in [0.1, 0.15) is 28.2 Å². The van der Waals surface area contributed by atoms with Crippen molar-refractivity contribution in [1.82, 2.24) is 0 Å². The Bertz CT molecular complexity index is 1750. The van der Waals surface area contributed by atoms with E-state index in [-0.39, 0.29) is 11.6 Å². The minimum Gasteiger partial charge on any atom is -0.493 e. The van der Waals surface area contributed by atoms with Gasteiger partial charge in [-0.2, -0.15) is 5.10 Å². The lowest BCUT2D eigenvalue weighted by Gasteiger charge is -2.30. The maximum Gasteiger partial charge on any atom is 0.301 e. The molecule has 4 aromatic rings. The third-order valence-corrected chi connectivity index (χ3v) is 6.94. The molecule has 4 aromatic carbocycles. The topological polar surface area (TPSA) is 138 Å². The largest absolute Gasteiger partial charge is 0.493 e. The molecule has 0 fully saturated rings. The Hall–Kier alpha value is -5.71. The zero-order chi connectivity index (χ0) is 29.8. The fourth-order valence-corrected chi connectivity index (χ4v) is 4.91. The number of nitrogens with zero attached hydrogens (tertiary/aromatic N) is 3. The maximum absolute atomic E-state index is 11.7. The SMILES string of the molecule is COc1ccc(C2=C(C=NNc3ccc([N+](=O)[O-])cc3[N+](=O)[O-])[C@H](c3ccccc3C)c3ccccc3O2)cc1OC. The first kappa shape index (κ1) is 27.8. The van der Waals surface area contributed by atoms with Gasteiger partial charge in [-0.05, 0) is 48.4 Å². The highest BCUT2D eigenvalue weighted by atomic mass is 16.6. The van der Waals surface area contributed by atoms with E-state index in [1.807, 2.05) is 61.5 Å². The average molecular weight is 567 g/mol. The Labute approximate surface area is 241 Å². The van der Waals surface area contributed by atoms with E-state index in [0.29, 0.717) is 34.1 Å². The van der Waals surface area contributed by atoms with Gasteiger partial charge in [-0.3, -0.25) is 25.7 Å². The van der Waals surface area contributed by atoms with Crippen LogP contribution in [0.5, 0.6) is 17.2 Å². The molecule has 212 valence electrons. The van der Waals surface area contributed by atoms with Gasteiger partial charge in [0.1, 0.15) is 17.2 Å². The average Bonchev–Trinajstić information content (AvgIpc) is 3.00. The molecule has 42 heavy (non-hydrogen) atoms. The molecule has 5 rings (SSSR count). The number of nitro groups is 2. The number of non-ortho nitro benzene ring substituents is 1. The van der Waals surface area contributed by atoms with E-state index < -0.39 is 21.2 Å². The number of nitrogens with one attached hydrogen (secondary N) is 1. The van der Waals surface area contributed by atoms with E-state index in [1.165, 1.54) is 12.1 Å². The zero-order valence-corrected chi connectivity index (χ0v) is 22.9. The number of anilines is 1. The van der Waals surface area contributed by atoms with Crippen LogP contribution in [0.15, 0.2) is 95.6 Å². The molecular formula is C31H26N4O7. The Morgan fingerprint density at radius 2 is 1.57 bits per heavy atom. The molecule has 11 heteroatoms. The van der Waals surface area contributed by atoms with Crippen LogP contribution >= 0.6 is 0 Å². The van der Waals surface area contributed by atoms with Gasteiger partial charge in [0.2, 0.25) is 0 Å². The first-order chi connectivity index (χ1) is 20.3. The number of aryl methyl sites for hydroxylation is 1. The molecule has 0 spiro atoms. The van der Waals surface area contributed by atoms with Crippen LogP contribution < -0.4 is 19.6 Å². The lowest BCUT2D eigenvalue weighted by molar-refractivity contribution is -0.393. The number of para-hydroxylation sites is 1. The Kier molecular flexibility index (Phi) is 7.82. The number of hydrazone groups is 1. The fraction of sp³-hybridized carbons (Fsp3) is 0.129. The number of benzene rings is 4. The van der Waals surface area contributed by atoms with Crippen LogP contribution in [0.2, 0.25) is 0 Å². The summed E-state index contributed by atoms with van der Waals surface area (Å²) in [6.07, 6.45) is 1.56. The molecule has 1 aliphatic heterocycles. The molecule has 0 radical (unpaired) electrons. The van der Waals surface area contributed by atoms with Crippen molar-refractivity contribution in [3.8, 4) is 17.2 Å². The molecule has 0 saturated carbocycles. The molecule has 0 bridgehead atoms. The van der Waals surface area contributed by atoms with Crippen LogP contribution in [-0.4, -0.2) is 30.3 Å². The van der Waals surface area contributed by atoms with Crippen molar-refractivity contribution in [2.24, 2.45) is 5.10 Å². The molecule has 0 unspecified atom stereocenters. The van der Waals surface area contributed by atoms with Crippen molar-refractivity contribution >= 4 is 29.0 Å². The van der Waals surface area contributed by atoms with E-state index in [2.05, 4.69) is 10.5 Å². The number of fused-ring (bicyclic) bond motifs is 1. The standard InChI is InChI=1S/C31H26N4O7/c1-19-8-4-5-9-22(19)30-23-10-6-7-11-27(23)42-31(20-12-15-28(40-2)29(16-20)41-3)24(30)18-32-33-25-14-13-21(34(36)37)17-26(25)35(38)39/h4-18,30,33H,1-3H3/t30-/m1/s1. The summed E-state index contributed by atoms with van der Waals surface area (Å²) < 4.78 is 17.4. The number of hydrogen-bond donors (Lipinski definition) is 1. The van der Waals surface area contributed by atoms with Crippen LogP contribution in [0, 0.1) is 27.2 Å². The normalized spacial score (nSPS) is 14.2. The lowest BCUT2D eigenvalue weighted by atomic mass is 9.80. The van der Waals surface area contributed by atoms with E-state index >= 15 is 0 Å². The second-order valence-electron chi connectivity index (χ2n) is 9.37. The van der Waals surface area contributed by atoms with Crippen molar-refractivity contribution in [2.45, 2.75) is 12.8 Å². The molecule has 0 aromatic heterocycles. The fourth-order valence-electron chi connectivity index (χ4n) is 4.91. The molecule has 0 amide bonds. The van der Waals surface area contributed by atoms with Gasteiger partial charge in [0.15, 0.2) is 11.5 Å². The van der Waals surface area contributed by atoms with Gasteiger partial charge < -0.3 is 14.2 Å². The summed E-state index contributed by atoms with van der Waals surface area (Å²) in [4.78, 5) is 21.4. The first-order valence-corrected chi connectivity index (χ1v) is 12.8. The van der Waals surface area contributed by atoms with Gasteiger partial charge >= 0.3 is 5.69 Å². The first-order valence-electron chi connectivity index (χ1n) is 12.8. The number of nitro benzene ring substituents is 2. The van der Waals surface area contributed by atoms with Crippen LogP contribution in [0.25, 0.3) is 5.76 Å². The molecule has 1 atom stereocenters. The third-order valence-electron chi connectivity index (χ3n) is 6.94. The predicted molar refractivity (Wildman–Crippen MR) is 158 cm³/mol. The molecule has 11 nitrogen and oxygen atoms in total. The molecule has 1 N–H and O–H groups in total. The van der Waals surface area contributed by atoms with Gasteiger partial charge in [0.05, 0.1) is 36.3 Å². The minimum absolute atomic E-state index is 0.000290. The monoisotopic (exact) mass is 566 g/mol. The number of ether oxygens (including phenoxy) is 3. The summed E-state index contributed by atoms with van der Waals surface area (Å²) >= 11 is 0. The summed E-state index contributed by atoms with van der Waals surface area (Å²) in [5.74, 6) is 1.93. The van der Waals surface area contributed by atoms with Gasteiger partial charge in [0.25, 0.3) is 5.69 Å². The van der Waals surface area contributed by atoms with Crippen molar-refractivity contribution in [3.63, 3.8) is 0 Å². The maximum atomic E-state index is 11.7. The van der Waals surface area contributed by atoms with Crippen LogP contribution in [0.3, 0.4) is 0 Å². The molecule has 1 heterocycles. The number of allylic oxidation sites excluding steroid dienone is 1. The van der Waals surface area contributed by atoms with E-state index in [1.54, 1.807) is 32.6 Å². The highest BCUT2D eigenvalue weighted by Gasteiger charge is 2.32. The number of hydrogen-bond acceptors (Lipinski definition) is 9. The van der Waals surface area contributed by atoms with Crippen molar-refractivity contribution < 1.29 is 24.1 Å². The van der Waals surface area contributed by atoms with Crippen molar-refractivity contribution in [2.75, 3.05) is 19.6 Å². The van der Waals surface area contributed by atoms with E-state index in [4.69, 9.17) is 14.2 Å². The summed E-state index contributed by atoms with van der Waals surface area (Å²) in [5, 5.41) is 27.2. The van der Waals surface area contributed by atoms with Crippen molar-refractivity contribution in [1.29, 1.82) is 0 Å². The van der Waals surface area contributed by atoms with Crippen molar-refractivity contribution in [3.05, 3.63) is 133 Å². The summed E-state index contributed by atoms with van der Waals surface area (Å²) in [6, 6.07) is 24.5. The number of methoxy groups -OCH3 is 2. The number of rotatable bonds is 9. The Morgan fingerprint density at radius 1 is 0.857 bits per heavy atom. The Balaban J connectivity index is 1.68. The lowest BCUT2D eigenvalue weighted by Crippen LogP contribution is -2.18. The summed E-state index contributed by atoms with van der Waals surface area (Å²) in [6.45, 7) is 2.02. The zero-order valence-electron chi connectivity index (χ0n) is 22.9. The van der Waals surface area contributed by atoms with E-state index in [9.17, 15) is 20.2 Å². The van der Waals surface area contributed by atoms with Gasteiger partial charge in [-0.25, -0.2) is 0 Å². The van der Waals surface area contributed by atoms with Gasteiger partial charge in [-0.15, -0.1) is 0 Å². The third kappa shape index (κ3) is 5.35. The molecule has 1 aliphatic rings.